The topological polar surface area (TPSA) is 29.9 Å². The predicted molar refractivity (Wildman–Crippen MR) is 69.6 cm³/mol. The van der Waals surface area contributed by atoms with Gasteiger partial charge in [0.05, 0.1) is 5.69 Å². The number of nitrogens with one attached hydrogen (secondary N) is 1. The van der Waals surface area contributed by atoms with E-state index < -0.39 is 17.5 Å². The molecule has 0 spiro atoms. The molecule has 0 bridgehead atoms. The van der Waals surface area contributed by atoms with Gasteiger partial charge in [-0.1, -0.05) is 6.92 Å². The molecule has 1 atom stereocenters. The van der Waals surface area contributed by atoms with E-state index in [9.17, 15) is 13.2 Å². The molecule has 108 valence electrons. The Hall–Kier alpha value is -1.82. The molecule has 3 nitrogen and oxygen atoms in total. The van der Waals surface area contributed by atoms with E-state index in [1.807, 2.05) is 13.0 Å². The summed E-state index contributed by atoms with van der Waals surface area (Å²) in [5.74, 6) is -3.80. The van der Waals surface area contributed by atoms with Crippen molar-refractivity contribution in [1.82, 2.24) is 15.1 Å². The van der Waals surface area contributed by atoms with Crippen LogP contribution in [0.25, 0.3) is 0 Å². The van der Waals surface area contributed by atoms with Gasteiger partial charge in [-0.2, -0.15) is 5.10 Å². The standard InChI is InChI=1S/C14H16F3N3/c1-3-18-13(8-10-4-5-20(2)19-10)9-6-11(15)14(17)12(16)7-9/h4-7,13,18H,3,8H2,1-2H3. The van der Waals surface area contributed by atoms with Crippen LogP contribution in [-0.2, 0) is 13.5 Å². The Kier molecular flexibility index (Phi) is 4.44. The summed E-state index contributed by atoms with van der Waals surface area (Å²) in [6, 6.07) is 3.56. The maximum Gasteiger partial charge on any atom is 0.194 e. The normalized spacial score (nSPS) is 12.7. The Morgan fingerprint density at radius 1 is 1.25 bits per heavy atom. The SMILES string of the molecule is CCNC(Cc1ccn(C)n1)c1cc(F)c(F)c(F)c1. The maximum absolute atomic E-state index is 13.3. The molecule has 0 fully saturated rings. The summed E-state index contributed by atoms with van der Waals surface area (Å²) in [6.45, 7) is 2.51. The van der Waals surface area contributed by atoms with Crippen molar-refractivity contribution in [3.05, 3.63) is 53.1 Å². The minimum Gasteiger partial charge on any atom is -0.310 e. The van der Waals surface area contributed by atoms with Gasteiger partial charge in [-0.25, -0.2) is 13.2 Å². The van der Waals surface area contributed by atoms with Gasteiger partial charge >= 0.3 is 0 Å². The van der Waals surface area contributed by atoms with E-state index in [4.69, 9.17) is 0 Å². The number of likely N-dealkylation sites (N-methyl/N-ethyl adjacent to an activating group) is 1. The van der Waals surface area contributed by atoms with Gasteiger partial charge in [-0.05, 0) is 30.3 Å². The molecule has 6 heteroatoms. The van der Waals surface area contributed by atoms with Crippen molar-refractivity contribution in [2.75, 3.05) is 6.54 Å². The zero-order valence-corrected chi connectivity index (χ0v) is 11.3. The van der Waals surface area contributed by atoms with Crippen LogP contribution in [0.4, 0.5) is 13.2 Å². The molecular weight excluding hydrogens is 267 g/mol. The van der Waals surface area contributed by atoms with Gasteiger partial charge in [0.25, 0.3) is 0 Å². The Labute approximate surface area is 115 Å². The molecule has 0 aliphatic rings. The quantitative estimate of drug-likeness (QED) is 0.855. The average Bonchev–Trinajstić information content (AvgIpc) is 2.80. The van der Waals surface area contributed by atoms with E-state index in [1.165, 1.54) is 0 Å². The molecule has 0 saturated heterocycles. The van der Waals surface area contributed by atoms with Crippen LogP contribution in [0.15, 0.2) is 24.4 Å². The summed E-state index contributed by atoms with van der Waals surface area (Å²) in [5.41, 5.74) is 1.16. The van der Waals surface area contributed by atoms with E-state index in [2.05, 4.69) is 10.4 Å². The van der Waals surface area contributed by atoms with Crippen LogP contribution in [0.1, 0.15) is 24.2 Å². The summed E-state index contributed by atoms with van der Waals surface area (Å²) in [5, 5.41) is 7.36. The number of aromatic nitrogens is 2. The lowest BCUT2D eigenvalue weighted by Crippen LogP contribution is -2.23. The monoisotopic (exact) mass is 283 g/mol. The van der Waals surface area contributed by atoms with Gasteiger partial charge in [0, 0.05) is 25.7 Å². The molecule has 0 aliphatic carbocycles. The molecule has 1 heterocycles. The first-order valence-electron chi connectivity index (χ1n) is 6.37. The second-order valence-corrected chi connectivity index (χ2v) is 4.59. The molecular formula is C14H16F3N3. The summed E-state index contributed by atoms with van der Waals surface area (Å²) in [4.78, 5) is 0. The van der Waals surface area contributed by atoms with Gasteiger partial charge < -0.3 is 5.32 Å². The largest absolute Gasteiger partial charge is 0.310 e. The first kappa shape index (κ1) is 14.6. The van der Waals surface area contributed by atoms with Gasteiger partial charge in [0.2, 0.25) is 0 Å². The highest BCUT2D eigenvalue weighted by molar-refractivity contribution is 5.24. The first-order valence-corrected chi connectivity index (χ1v) is 6.37. The van der Waals surface area contributed by atoms with E-state index in [-0.39, 0.29) is 6.04 Å². The van der Waals surface area contributed by atoms with Crippen LogP contribution in [0.3, 0.4) is 0 Å². The predicted octanol–water partition coefficient (Wildman–Crippen LogP) is 2.73. The maximum atomic E-state index is 13.3. The number of nitrogens with zero attached hydrogens (tertiary/aromatic N) is 2. The van der Waals surface area contributed by atoms with Crippen LogP contribution < -0.4 is 5.32 Å². The molecule has 2 aromatic rings. The zero-order valence-electron chi connectivity index (χ0n) is 11.3. The molecule has 0 saturated carbocycles. The number of hydrogen-bond acceptors (Lipinski definition) is 2. The molecule has 1 aromatic carbocycles. The highest BCUT2D eigenvalue weighted by Gasteiger charge is 2.18. The van der Waals surface area contributed by atoms with Crippen molar-refractivity contribution in [3.63, 3.8) is 0 Å². The molecule has 1 unspecified atom stereocenters. The first-order chi connectivity index (χ1) is 9.51. The van der Waals surface area contributed by atoms with Crippen LogP contribution >= 0.6 is 0 Å². The molecule has 20 heavy (non-hydrogen) atoms. The third kappa shape index (κ3) is 3.19. The highest BCUT2D eigenvalue weighted by atomic mass is 19.2. The van der Waals surface area contributed by atoms with Gasteiger partial charge in [-0.3, -0.25) is 4.68 Å². The van der Waals surface area contributed by atoms with Crippen molar-refractivity contribution < 1.29 is 13.2 Å². The molecule has 2 rings (SSSR count). The highest BCUT2D eigenvalue weighted by Crippen LogP contribution is 2.22. The van der Waals surface area contributed by atoms with Gasteiger partial charge in [0.1, 0.15) is 0 Å². The minimum absolute atomic E-state index is 0.320. The average molecular weight is 283 g/mol. The van der Waals surface area contributed by atoms with Gasteiger partial charge in [-0.15, -0.1) is 0 Å². The molecule has 0 amide bonds. The fourth-order valence-electron chi connectivity index (χ4n) is 2.11. The van der Waals surface area contributed by atoms with E-state index in [1.54, 1.807) is 17.9 Å². The zero-order chi connectivity index (χ0) is 14.7. The van der Waals surface area contributed by atoms with Crippen molar-refractivity contribution >= 4 is 0 Å². The number of hydrogen-bond donors (Lipinski definition) is 1. The summed E-state index contributed by atoms with van der Waals surface area (Å²) in [6.07, 6.45) is 2.27. The lowest BCUT2D eigenvalue weighted by molar-refractivity contribution is 0.439. The van der Waals surface area contributed by atoms with Gasteiger partial charge in [0.15, 0.2) is 17.5 Å². The van der Waals surface area contributed by atoms with E-state index >= 15 is 0 Å². The van der Waals surface area contributed by atoms with Crippen LogP contribution in [-0.4, -0.2) is 16.3 Å². The van der Waals surface area contributed by atoms with Crippen LogP contribution in [0.5, 0.6) is 0 Å². The van der Waals surface area contributed by atoms with Crippen molar-refractivity contribution in [2.24, 2.45) is 7.05 Å². The summed E-state index contributed by atoms with van der Waals surface area (Å²) < 4.78 is 41.3. The Morgan fingerprint density at radius 3 is 2.40 bits per heavy atom. The summed E-state index contributed by atoms with van der Waals surface area (Å²) >= 11 is 0. The lowest BCUT2D eigenvalue weighted by atomic mass is 10.0. The summed E-state index contributed by atoms with van der Waals surface area (Å²) in [7, 11) is 1.79. The van der Waals surface area contributed by atoms with E-state index in [0.717, 1.165) is 17.8 Å². The van der Waals surface area contributed by atoms with Crippen molar-refractivity contribution in [1.29, 1.82) is 0 Å². The third-order valence-electron chi connectivity index (χ3n) is 3.04. The molecule has 0 radical (unpaired) electrons. The second kappa shape index (κ2) is 6.09. The fourth-order valence-corrected chi connectivity index (χ4v) is 2.11. The van der Waals surface area contributed by atoms with Crippen molar-refractivity contribution in [2.45, 2.75) is 19.4 Å². The van der Waals surface area contributed by atoms with Crippen LogP contribution in [0, 0.1) is 17.5 Å². The molecule has 0 aliphatic heterocycles. The van der Waals surface area contributed by atoms with Crippen LogP contribution in [0.2, 0.25) is 0 Å². The third-order valence-corrected chi connectivity index (χ3v) is 3.04. The number of halogens is 3. The number of benzene rings is 1. The Morgan fingerprint density at radius 2 is 1.90 bits per heavy atom. The molecule has 1 aromatic heterocycles. The second-order valence-electron chi connectivity index (χ2n) is 4.59. The smallest absolute Gasteiger partial charge is 0.194 e. The fraction of sp³-hybridized carbons (Fsp3) is 0.357. The minimum atomic E-state index is -1.44. The number of aryl methyl sites for hydroxylation is 1. The Balaban J connectivity index is 2.28. The number of rotatable bonds is 5. The Bertz CT molecular complexity index is 572. The van der Waals surface area contributed by atoms with Crippen molar-refractivity contribution in [3.8, 4) is 0 Å². The lowest BCUT2D eigenvalue weighted by Gasteiger charge is -2.17. The van der Waals surface area contributed by atoms with E-state index in [0.29, 0.717) is 18.5 Å². The molecule has 1 N–H and O–H groups in total.